The molecule has 0 saturated heterocycles. The van der Waals surface area contributed by atoms with Gasteiger partial charge in [0.15, 0.2) is 0 Å². The predicted octanol–water partition coefficient (Wildman–Crippen LogP) is 39.2. The highest BCUT2D eigenvalue weighted by molar-refractivity contribution is 7.27. The second-order valence-corrected chi connectivity index (χ2v) is 37.7. The summed E-state index contributed by atoms with van der Waals surface area (Å²) in [6.45, 7) is 0. The molecule has 3 aromatic heterocycles. The van der Waals surface area contributed by atoms with Gasteiger partial charge in [0.2, 0.25) is 0 Å². The summed E-state index contributed by atoms with van der Waals surface area (Å²) < 4.78 is 7.79. The molecule has 0 unspecified atom stereocenters. The summed E-state index contributed by atoms with van der Waals surface area (Å²) in [6.07, 6.45) is 0. The van der Waals surface area contributed by atoms with E-state index in [9.17, 15) is 0 Å². The van der Waals surface area contributed by atoms with Crippen molar-refractivity contribution in [1.82, 2.24) is 0 Å². The molecule has 0 aliphatic carbocycles. The molecule has 25 rings (SSSR count). The number of fused-ring (bicyclic) bond motifs is 9. The van der Waals surface area contributed by atoms with Gasteiger partial charge in [-0.05, 0) is 227 Å². The molecular weight excluding hydrogens is 1720 g/mol. The van der Waals surface area contributed by atoms with E-state index in [4.69, 9.17) is 0 Å². The average molecular weight is 1820 g/mol. The van der Waals surface area contributed by atoms with Crippen LogP contribution in [-0.4, -0.2) is 0 Å². The SMILES string of the molecule is c1ccc(-c2ccc(-c3ccc(N(c4ccc(-c5ccc(-c6ccccc6)cc5)cc4)c4cccc5c4sc4ccccc45)cc3)cc2)cc1.c1ccc(-c2ccc(-c3ccc(N(c4ccc(-c5ccccc5)cc4)c4cccc5c4sc4ccccc45)cc3)cc2)cc1.c1ccc(-c2ccc(N(c3ccc(-c4cccc(-c5ccccc5)c4)cc3)c3cccc4c3sc3ccccc34)cc2)cc1. The van der Waals surface area contributed by atoms with Gasteiger partial charge in [0.1, 0.15) is 0 Å². The van der Waals surface area contributed by atoms with Crippen molar-refractivity contribution in [2.24, 2.45) is 0 Å². The van der Waals surface area contributed by atoms with Crippen molar-refractivity contribution in [3.8, 4) is 111 Å². The quantitative estimate of drug-likeness (QED) is 0.0799. The highest BCUT2D eigenvalue weighted by Gasteiger charge is 2.24. The van der Waals surface area contributed by atoms with E-state index in [0.29, 0.717) is 0 Å². The van der Waals surface area contributed by atoms with Gasteiger partial charge in [0, 0.05) is 80.5 Å². The summed E-state index contributed by atoms with van der Waals surface area (Å²) in [5, 5.41) is 7.80. The summed E-state index contributed by atoms with van der Waals surface area (Å²) in [5.41, 5.74) is 34.7. The normalized spacial score (nSPS) is 11.2. The zero-order chi connectivity index (χ0) is 91.9. The highest BCUT2D eigenvalue weighted by atomic mass is 32.1. The minimum Gasteiger partial charge on any atom is -0.309 e. The number of nitrogens with zero attached hydrogens (tertiary/aromatic N) is 3. The standard InChI is InChI=1S/C48H33NS.2C42H29NS/c1-3-10-34(11-4-1)36-18-22-38(23-19-36)40-26-30-42(31-27-40)49(46-16-9-15-45-44-14-7-8-17-47(44)50-48(45)46)43-32-28-41(29-33-43)39-24-20-37(21-25-39)35-12-5-2-6-13-35;1-3-11-30(12-4-1)32-21-25-36(26-22-32)43(40-19-10-18-39-38-17-7-8-20-41(38)44-42(39)40)37-27-23-33(24-28-37)35-16-9-15-34(29-35)31-13-5-2-6-14-31;1-3-10-30(11-4-1)32-18-20-33(21-19-32)35-24-28-37(29-25-35)43(36-26-22-34(23-27-36)31-12-5-2-6-13-31)40-16-9-15-39-38-14-7-8-17-41(38)44-42(39)40/h1-33H;2*1-29H. The van der Waals surface area contributed by atoms with E-state index in [0.717, 1.165) is 34.1 Å². The van der Waals surface area contributed by atoms with E-state index < -0.39 is 0 Å². The molecule has 0 N–H and O–H groups in total. The molecule has 0 aliphatic heterocycles. The monoisotopic (exact) mass is 1810 g/mol. The fraction of sp³-hybridized carbons (Fsp3) is 0. The lowest BCUT2D eigenvalue weighted by molar-refractivity contribution is 1.30. The fourth-order valence-corrected chi connectivity index (χ4v) is 22.7. The Labute approximate surface area is 817 Å². The highest BCUT2D eigenvalue weighted by Crippen LogP contribution is 2.51. The number of hydrogen-bond donors (Lipinski definition) is 0. The second kappa shape index (κ2) is 38.8. The van der Waals surface area contributed by atoms with Crippen LogP contribution in [0.1, 0.15) is 0 Å². The first-order chi connectivity index (χ1) is 68.4. The largest absolute Gasteiger partial charge is 0.309 e. The van der Waals surface area contributed by atoms with Gasteiger partial charge in [0.25, 0.3) is 0 Å². The molecule has 0 bridgehead atoms. The van der Waals surface area contributed by atoms with E-state index in [1.54, 1.807) is 0 Å². The third kappa shape index (κ3) is 17.7. The smallest absolute Gasteiger partial charge is 0.0640 e. The molecule has 3 heterocycles. The molecular formula is C132H91N3S3. The molecule has 138 heavy (non-hydrogen) atoms. The van der Waals surface area contributed by atoms with E-state index in [1.165, 1.54) is 189 Å². The number of benzene rings is 22. The molecule has 6 heteroatoms. The van der Waals surface area contributed by atoms with Gasteiger partial charge < -0.3 is 14.7 Å². The Bertz CT molecular complexity index is 8380. The molecule has 0 radical (unpaired) electrons. The van der Waals surface area contributed by atoms with Gasteiger partial charge in [-0.3, -0.25) is 0 Å². The Hall–Kier alpha value is -17.1. The van der Waals surface area contributed by atoms with Gasteiger partial charge in [-0.2, -0.15) is 0 Å². The van der Waals surface area contributed by atoms with E-state index in [1.807, 2.05) is 34.0 Å². The molecule has 0 saturated carbocycles. The summed E-state index contributed by atoms with van der Waals surface area (Å²) in [4.78, 5) is 7.20. The van der Waals surface area contributed by atoms with Gasteiger partial charge in [0.05, 0.1) is 31.2 Å². The van der Waals surface area contributed by atoms with Crippen LogP contribution in [-0.2, 0) is 0 Å². The van der Waals surface area contributed by atoms with Crippen molar-refractivity contribution in [2.75, 3.05) is 14.7 Å². The Morgan fingerprint density at radius 3 is 0.464 bits per heavy atom. The van der Waals surface area contributed by atoms with E-state index >= 15 is 0 Å². The maximum Gasteiger partial charge on any atom is 0.0640 e. The van der Waals surface area contributed by atoms with Gasteiger partial charge in [-0.1, -0.05) is 437 Å². The van der Waals surface area contributed by atoms with Crippen LogP contribution in [0.3, 0.4) is 0 Å². The van der Waals surface area contributed by atoms with Gasteiger partial charge in [-0.15, -0.1) is 34.0 Å². The molecule has 22 aromatic carbocycles. The maximum absolute atomic E-state index is 2.41. The van der Waals surface area contributed by atoms with Crippen LogP contribution in [0.5, 0.6) is 0 Å². The van der Waals surface area contributed by atoms with Crippen LogP contribution in [0.15, 0.2) is 552 Å². The van der Waals surface area contributed by atoms with Crippen molar-refractivity contribution in [1.29, 1.82) is 0 Å². The van der Waals surface area contributed by atoms with Crippen LogP contribution >= 0.6 is 34.0 Å². The summed E-state index contributed by atoms with van der Waals surface area (Å²) in [5.74, 6) is 0. The van der Waals surface area contributed by atoms with Crippen molar-refractivity contribution < 1.29 is 0 Å². The molecule has 0 atom stereocenters. The average Bonchev–Trinajstić information content (AvgIpc) is 1.58. The number of hydrogen-bond acceptors (Lipinski definition) is 6. The molecule has 0 spiro atoms. The van der Waals surface area contributed by atoms with Crippen LogP contribution in [0.4, 0.5) is 51.2 Å². The Morgan fingerprint density at radius 2 is 0.254 bits per heavy atom. The van der Waals surface area contributed by atoms with Crippen molar-refractivity contribution >= 4 is 146 Å². The lowest BCUT2D eigenvalue weighted by Gasteiger charge is -2.26. The number of anilines is 9. The minimum absolute atomic E-state index is 1.12. The summed E-state index contributed by atoms with van der Waals surface area (Å²) in [6, 6.07) is 199. The van der Waals surface area contributed by atoms with Gasteiger partial charge in [-0.25, -0.2) is 0 Å². The van der Waals surface area contributed by atoms with Crippen molar-refractivity contribution in [3.05, 3.63) is 552 Å². The number of rotatable bonds is 19. The molecule has 0 fully saturated rings. The first kappa shape index (κ1) is 85.1. The molecule has 25 aromatic rings. The summed E-state index contributed by atoms with van der Waals surface area (Å²) >= 11 is 5.59. The van der Waals surface area contributed by atoms with Gasteiger partial charge >= 0.3 is 0 Å². The third-order valence-electron chi connectivity index (χ3n) is 26.1. The fourth-order valence-electron chi connectivity index (χ4n) is 19.1. The minimum atomic E-state index is 1.12. The Balaban J connectivity index is 0.000000116. The summed E-state index contributed by atoms with van der Waals surface area (Å²) in [7, 11) is 0. The Morgan fingerprint density at radius 1 is 0.109 bits per heavy atom. The lowest BCUT2D eigenvalue weighted by atomic mass is 9.99. The molecule has 3 nitrogen and oxygen atoms in total. The van der Waals surface area contributed by atoms with Crippen LogP contribution in [0, 0.1) is 0 Å². The molecule has 0 amide bonds. The zero-order valence-corrected chi connectivity index (χ0v) is 78.1. The van der Waals surface area contributed by atoms with Crippen LogP contribution in [0.25, 0.3) is 172 Å². The maximum atomic E-state index is 2.41. The molecule has 0 aliphatic rings. The second-order valence-electron chi connectivity index (χ2n) is 34.6. The van der Waals surface area contributed by atoms with Crippen molar-refractivity contribution in [2.45, 2.75) is 0 Å². The third-order valence-corrected chi connectivity index (χ3v) is 29.7. The topological polar surface area (TPSA) is 9.72 Å². The number of thiophene rings is 3. The lowest BCUT2D eigenvalue weighted by Crippen LogP contribution is -2.10. The van der Waals surface area contributed by atoms with E-state index in [2.05, 4.69) is 567 Å². The first-order valence-electron chi connectivity index (χ1n) is 46.9. The van der Waals surface area contributed by atoms with E-state index in [-0.39, 0.29) is 0 Å². The predicted molar refractivity (Wildman–Crippen MR) is 596 cm³/mol. The van der Waals surface area contributed by atoms with Crippen LogP contribution in [0.2, 0.25) is 0 Å². The Kier molecular flexibility index (Phi) is 24.0. The first-order valence-corrected chi connectivity index (χ1v) is 49.3. The zero-order valence-electron chi connectivity index (χ0n) is 75.6. The van der Waals surface area contributed by atoms with Crippen LogP contribution < -0.4 is 14.7 Å². The van der Waals surface area contributed by atoms with Crippen molar-refractivity contribution in [3.63, 3.8) is 0 Å². The molecule has 652 valence electrons.